The van der Waals surface area contributed by atoms with E-state index in [9.17, 15) is 14.7 Å². The Hall–Kier alpha value is -4.77. The summed E-state index contributed by atoms with van der Waals surface area (Å²) in [4.78, 5) is 42.8. The van der Waals surface area contributed by atoms with Gasteiger partial charge in [0.15, 0.2) is 11.9 Å². The number of aromatic nitrogens is 3. The fourth-order valence-electron chi connectivity index (χ4n) is 4.21. The van der Waals surface area contributed by atoms with Crippen LogP contribution >= 0.6 is 0 Å². The number of anilines is 2. The normalized spacial score (nSPS) is 14.2. The molecular formula is C28H28N6O5. The van der Waals surface area contributed by atoms with E-state index in [1.807, 2.05) is 48.5 Å². The summed E-state index contributed by atoms with van der Waals surface area (Å²) in [6.07, 6.45) is 4.77. The van der Waals surface area contributed by atoms with E-state index in [0.29, 0.717) is 30.3 Å². The Balaban J connectivity index is 1.30. The van der Waals surface area contributed by atoms with E-state index in [1.54, 1.807) is 18.3 Å². The summed E-state index contributed by atoms with van der Waals surface area (Å²) in [5, 5.41) is 12.2. The Kier molecular flexibility index (Phi) is 8.08. The van der Waals surface area contributed by atoms with Crippen molar-refractivity contribution in [2.24, 2.45) is 0 Å². The van der Waals surface area contributed by atoms with E-state index >= 15 is 0 Å². The van der Waals surface area contributed by atoms with Gasteiger partial charge in [-0.3, -0.25) is 4.79 Å². The van der Waals surface area contributed by atoms with Crippen LogP contribution in [0.2, 0.25) is 0 Å². The number of carboxylic acids is 1. The Morgan fingerprint density at radius 1 is 0.974 bits per heavy atom. The maximum Gasteiger partial charge on any atom is 0.328 e. The highest BCUT2D eigenvalue weighted by atomic mass is 16.5. The first-order valence-corrected chi connectivity index (χ1v) is 12.5. The van der Waals surface area contributed by atoms with Crippen LogP contribution in [0.1, 0.15) is 16.1 Å². The molecule has 3 aromatic heterocycles. The van der Waals surface area contributed by atoms with E-state index < -0.39 is 17.9 Å². The number of pyridine rings is 1. The molecule has 1 fully saturated rings. The zero-order chi connectivity index (χ0) is 27.0. The Morgan fingerprint density at radius 3 is 2.38 bits per heavy atom. The second kappa shape index (κ2) is 12.2. The molecule has 11 nitrogen and oxygen atoms in total. The quantitative estimate of drug-likeness (QED) is 0.316. The molecule has 1 atom stereocenters. The smallest absolute Gasteiger partial charge is 0.328 e. The first-order chi connectivity index (χ1) is 19.1. The van der Waals surface area contributed by atoms with E-state index in [1.165, 1.54) is 12.5 Å². The molecule has 0 bridgehead atoms. The molecule has 1 aromatic carbocycles. The lowest BCUT2D eigenvalue weighted by Gasteiger charge is -2.36. The Labute approximate surface area is 225 Å². The average Bonchev–Trinajstić information content (AvgIpc) is 3.53. The number of hydrogen-bond acceptors (Lipinski definition) is 9. The fourth-order valence-corrected chi connectivity index (χ4v) is 4.21. The molecule has 0 spiro atoms. The van der Waals surface area contributed by atoms with Gasteiger partial charge in [-0.25, -0.2) is 19.7 Å². The van der Waals surface area contributed by atoms with Crippen LogP contribution in [0.4, 0.5) is 11.6 Å². The number of benzene rings is 1. The topological polar surface area (TPSA) is 134 Å². The summed E-state index contributed by atoms with van der Waals surface area (Å²) in [5.74, 6) is -0.0456. The molecule has 200 valence electrons. The Morgan fingerprint density at radius 2 is 1.72 bits per heavy atom. The summed E-state index contributed by atoms with van der Waals surface area (Å²) in [6, 6.07) is 17.2. The Bertz CT molecular complexity index is 1380. The molecular weight excluding hydrogens is 500 g/mol. The van der Waals surface area contributed by atoms with Gasteiger partial charge in [-0.2, -0.15) is 0 Å². The minimum atomic E-state index is -1.25. The molecule has 5 rings (SSSR count). The number of carboxylic acid groups (broad SMARTS) is 1. The number of carbonyl (C=O) groups excluding carboxylic acids is 1. The van der Waals surface area contributed by atoms with E-state index in [-0.39, 0.29) is 18.9 Å². The SMILES string of the molecule is O=C(N[C@@H](COCc1ccccc1)C(=O)O)c1cc(N2CCN(c3ccccn3)CC2)nc(-c2ccoc2)n1. The average molecular weight is 529 g/mol. The largest absolute Gasteiger partial charge is 0.480 e. The van der Waals surface area contributed by atoms with Crippen LogP contribution in [-0.4, -0.2) is 70.8 Å². The van der Waals surface area contributed by atoms with Gasteiger partial charge < -0.3 is 29.4 Å². The van der Waals surface area contributed by atoms with Crippen LogP contribution in [0.5, 0.6) is 0 Å². The summed E-state index contributed by atoms with van der Waals surface area (Å²) in [6.45, 7) is 2.80. The van der Waals surface area contributed by atoms with Crippen LogP contribution in [0.25, 0.3) is 11.4 Å². The number of ether oxygens (including phenoxy) is 1. The van der Waals surface area contributed by atoms with Gasteiger partial charge in [0.25, 0.3) is 5.91 Å². The molecule has 1 amide bonds. The van der Waals surface area contributed by atoms with Crippen molar-refractivity contribution in [3.05, 3.63) is 90.6 Å². The number of nitrogens with one attached hydrogen (secondary N) is 1. The highest BCUT2D eigenvalue weighted by Crippen LogP contribution is 2.23. The van der Waals surface area contributed by atoms with Crippen molar-refractivity contribution in [3.8, 4) is 11.4 Å². The van der Waals surface area contributed by atoms with Crippen LogP contribution in [0, 0.1) is 0 Å². The van der Waals surface area contributed by atoms with Crippen molar-refractivity contribution in [3.63, 3.8) is 0 Å². The third kappa shape index (κ3) is 6.57. The van der Waals surface area contributed by atoms with Gasteiger partial charge in [-0.1, -0.05) is 36.4 Å². The van der Waals surface area contributed by atoms with Crippen LogP contribution < -0.4 is 15.1 Å². The maximum absolute atomic E-state index is 13.2. The maximum atomic E-state index is 13.2. The number of amides is 1. The highest BCUT2D eigenvalue weighted by Gasteiger charge is 2.25. The van der Waals surface area contributed by atoms with Crippen LogP contribution in [0.3, 0.4) is 0 Å². The van der Waals surface area contributed by atoms with Crippen LogP contribution in [-0.2, 0) is 16.1 Å². The number of aliphatic carboxylic acids is 1. The van der Waals surface area contributed by atoms with Crippen molar-refractivity contribution in [1.29, 1.82) is 0 Å². The first-order valence-electron chi connectivity index (χ1n) is 12.5. The number of furan rings is 1. The number of carbonyl (C=O) groups is 2. The minimum absolute atomic E-state index is 0.0534. The van der Waals surface area contributed by atoms with E-state index in [2.05, 4.69) is 30.1 Å². The van der Waals surface area contributed by atoms with Gasteiger partial charge in [0, 0.05) is 38.4 Å². The zero-order valence-electron chi connectivity index (χ0n) is 21.1. The van der Waals surface area contributed by atoms with Crippen molar-refractivity contribution < 1.29 is 23.8 Å². The second-order valence-corrected chi connectivity index (χ2v) is 8.97. The lowest BCUT2D eigenvalue weighted by molar-refractivity contribution is -0.141. The lowest BCUT2D eigenvalue weighted by atomic mass is 10.2. The molecule has 0 saturated carbocycles. The molecule has 2 N–H and O–H groups in total. The minimum Gasteiger partial charge on any atom is -0.480 e. The highest BCUT2D eigenvalue weighted by molar-refractivity contribution is 5.96. The summed E-state index contributed by atoms with van der Waals surface area (Å²) < 4.78 is 10.8. The van der Waals surface area contributed by atoms with Crippen molar-refractivity contribution in [1.82, 2.24) is 20.3 Å². The molecule has 39 heavy (non-hydrogen) atoms. The molecule has 4 heterocycles. The molecule has 1 aliphatic rings. The van der Waals surface area contributed by atoms with Crippen molar-refractivity contribution in [2.45, 2.75) is 12.6 Å². The second-order valence-electron chi connectivity index (χ2n) is 8.97. The number of nitrogens with zero attached hydrogens (tertiary/aromatic N) is 5. The van der Waals surface area contributed by atoms with Gasteiger partial charge in [-0.15, -0.1) is 0 Å². The molecule has 0 radical (unpaired) electrons. The lowest BCUT2D eigenvalue weighted by Crippen LogP contribution is -2.47. The zero-order valence-corrected chi connectivity index (χ0v) is 21.1. The standard InChI is InChI=1S/C28H28N6O5/c35-27(31-23(28(36)37)19-39-17-20-6-2-1-3-7-20)22-16-25(32-26(30-22)21-9-15-38-18-21)34-13-11-33(12-14-34)24-8-4-5-10-29-24/h1-10,15-16,18,23H,11-14,17,19H2,(H,31,35)(H,36,37)/t23-/m0/s1. The number of rotatable bonds is 10. The molecule has 0 aliphatic carbocycles. The number of hydrogen-bond donors (Lipinski definition) is 2. The fraction of sp³-hybridized carbons (Fsp3) is 0.250. The van der Waals surface area contributed by atoms with Crippen LogP contribution in [0.15, 0.2) is 83.8 Å². The van der Waals surface area contributed by atoms with Gasteiger partial charge in [0.2, 0.25) is 0 Å². The van der Waals surface area contributed by atoms with Gasteiger partial charge in [0.1, 0.15) is 23.6 Å². The predicted octanol–water partition coefficient (Wildman–Crippen LogP) is 2.86. The molecule has 1 saturated heterocycles. The summed E-state index contributed by atoms with van der Waals surface area (Å²) in [5.41, 5.74) is 1.57. The van der Waals surface area contributed by atoms with Crippen molar-refractivity contribution >= 4 is 23.5 Å². The monoisotopic (exact) mass is 528 g/mol. The number of piperazine rings is 1. The third-order valence-corrected chi connectivity index (χ3v) is 6.30. The summed E-state index contributed by atoms with van der Waals surface area (Å²) in [7, 11) is 0. The molecule has 0 unspecified atom stereocenters. The van der Waals surface area contributed by atoms with E-state index in [4.69, 9.17) is 9.15 Å². The van der Waals surface area contributed by atoms with E-state index in [0.717, 1.165) is 24.5 Å². The predicted molar refractivity (Wildman–Crippen MR) is 143 cm³/mol. The van der Waals surface area contributed by atoms with Crippen molar-refractivity contribution in [2.75, 3.05) is 42.6 Å². The van der Waals surface area contributed by atoms with Gasteiger partial charge >= 0.3 is 5.97 Å². The molecule has 1 aliphatic heterocycles. The van der Waals surface area contributed by atoms with Gasteiger partial charge in [0.05, 0.1) is 25.0 Å². The van der Waals surface area contributed by atoms with Gasteiger partial charge in [-0.05, 0) is 23.8 Å². The molecule has 4 aromatic rings. The molecule has 11 heteroatoms. The summed E-state index contributed by atoms with van der Waals surface area (Å²) >= 11 is 0. The first kappa shape index (κ1) is 25.9. The third-order valence-electron chi connectivity index (χ3n) is 6.30.